The van der Waals surface area contributed by atoms with E-state index in [-0.39, 0.29) is 0 Å². The number of quaternary nitrogens is 1. The molecule has 1 saturated heterocycles. The number of nitrogens with one attached hydrogen (secondary N) is 1. The highest BCUT2D eigenvalue weighted by atomic mass is 79.9. The van der Waals surface area contributed by atoms with Crippen LogP contribution in [0.5, 0.6) is 0 Å². The summed E-state index contributed by atoms with van der Waals surface area (Å²) in [7, 11) is 2.17. The number of rotatable bonds is 2. The fourth-order valence-electron chi connectivity index (χ4n) is 1.38. The summed E-state index contributed by atoms with van der Waals surface area (Å²) in [5.74, 6) is 0.291. The van der Waals surface area contributed by atoms with E-state index in [1.807, 2.05) is 4.90 Å². The fourth-order valence-corrected chi connectivity index (χ4v) is 1.72. The highest BCUT2D eigenvalue weighted by Gasteiger charge is 2.20. The highest BCUT2D eigenvalue weighted by Crippen LogP contribution is 1.97. The van der Waals surface area contributed by atoms with E-state index < -0.39 is 0 Å². The number of likely N-dealkylation sites (N-methyl/N-ethyl adjacent to an activating group) is 1. The average molecular weight is 236 g/mol. The molecule has 0 saturated carbocycles. The standard InChI is InChI=1S/C8H15BrN2O/c1-10-4-6-11(7-5-10)8(12)2-3-9/h2-7H2,1H3/p+1. The minimum absolute atomic E-state index is 0.291. The maximum Gasteiger partial charge on any atom is 0.223 e. The van der Waals surface area contributed by atoms with Gasteiger partial charge in [-0.05, 0) is 0 Å². The summed E-state index contributed by atoms with van der Waals surface area (Å²) in [4.78, 5) is 14.9. The number of hydrogen-bond acceptors (Lipinski definition) is 1. The molecule has 70 valence electrons. The Bertz CT molecular complexity index is 155. The Morgan fingerprint density at radius 3 is 2.58 bits per heavy atom. The number of piperazine rings is 1. The Morgan fingerprint density at radius 2 is 2.08 bits per heavy atom. The lowest BCUT2D eigenvalue weighted by atomic mass is 10.3. The van der Waals surface area contributed by atoms with Gasteiger partial charge in [-0.2, -0.15) is 0 Å². The van der Waals surface area contributed by atoms with Gasteiger partial charge in [0.2, 0.25) is 5.91 Å². The molecule has 0 radical (unpaired) electrons. The lowest BCUT2D eigenvalue weighted by Crippen LogP contribution is -3.12. The first-order chi connectivity index (χ1) is 5.74. The number of carbonyl (C=O) groups excluding carboxylic acids is 1. The predicted octanol–water partition coefficient (Wildman–Crippen LogP) is -0.872. The van der Waals surface area contributed by atoms with E-state index >= 15 is 0 Å². The molecule has 1 heterocycles. The molecule has 0 atom stereocenters. The van der Waals surface area contributed by atoms with E-state index in [4.69, 9.17) is 0 Å². The third kappa shape index (κ3) is 2.75. The Hall–Kier alpha value is -0.0900. The topological polar surface area (TPSA) is 24.8 Å². The first-order valence-electron chi connectivity index (χ1n) is 4.39. The third-order valence-corrected chi connectivity index (χ3v) is 2.67. The van der Waals surface area contributed by atoms with Gasteiger partial charge < -0.3 is 9.80 Å². The highest BCUT2D eigenvalue weighted by molar-refractivity contribution is 9.09. The van der Waals surface area contributed by atoms with E-state index in [1.54, 1.807) is 0 Å². The second-order valence-corrected chi connectivity index (χ2v) is 4.07. The molecule has 0 unspecified atom stereocenters. The van der Waals surface area contributed by atoms with Crippen LogP contribution in [0.1, 0.15) is 6.42 Å². The van der Waals surface area contributed by atoms with Gasteiger partial charge in [-0.1, -0.05) is 15.9 Å². The monoisotopic (exact) mass is 235 g/mol. The molecule has 1 aliphatic rings. The Balaban J connectivity index is 2.29. The first-order valence-corrected chi connectivity index (χ1v) is 5.51. The summed E-state index contributed by atoms with van der Waals surface area (Å²) in [5.41, 5.74) is 0. The van der Waals surface area contributed by atoms with Crippen LogP contribution in [0.4, 0.5) is 0 Å². The number of nitrogens with zero attached hydrogens (tertiary/aromatic N) is 1. The minimum Gasteiger partial charge on any atom is -0.334 e. The van der Waals surface area contributed by atoms with Gasteiger partial charge in [-0.15, -0.1) is 0 Å². The molecule has 0 aromatic heterocycles. The minimum atomic E-state index is 0.291. The zero-order valence-corrected chi connectivity index (χ0v) is 9.06. The number of hydrogen-bond donors (Lipinski definition) is 1. The van der Waals surface area contributed by atoms with Crippen molar-refractivity contribution in [2.24, 2.45) is 0 Å². The van der Waals surface area contributed by atoms with E-state index in [0.29, 0.717) is 12.3 Å². The summed E-state index contributed by atoms with van der Waals surface area (Å²) in [5, 5.41) is 0.783. The van der Waals surface area contributed by atoms with Crippen molar-refractivity contribution in [2.75, 3.05) is 38.6 Å². The first kappa shape index (κ1) is 9.99. The molecular weight excluding hydrogens is 220 g/mol. The van der Waals surface area contributed by atoms with E-state index in [1.165, 1.54) is 4.90 Å². The molecule has 0 aliphatic carbocycles. The van der Waals surface area contributed by atoms with Gasteiger partial charge in [0.1, 0.15) is 0 Å². The normalized spacial score (nSPS) is 19.7. The summed E-state index contributed by atoms with van der Waals surface area (Å²) >= 11 is 3.28. The van der Waals surface area contributed by atoms with Gasteiger partial charge in [0, 0.05) is 11.8 Å². The van der Waals surface area contributed by atoms with Gasteiger partial charge in [0.05, 0.1) is 33.2 Å². The molecule has 1 rings (SSSR count). The van der Waals surface area contributed by atoms with Gasteiger partial charge >= 0.3 is 0 Å². The van der Waals surface area contributed by atoms with Crippen LogP contribution in [0.2, 0.25) is 0 Å². The van der Waals surface area contributed by atoms with Crippen molar-refractivity contribution in [3.05, 3.63) is 0 Å². The predicted molar refractivity (Wildman–Crippen MR) is 51.6 cm³/mol. The molecule has 1 amide bonds. The molecule has 0 spiro atoms. The third-order valence-electron chi connectivity index (χ3n) is 2.28. The zero-order valence-electron chi connectivity index (χ0n) is 7.48. The van der Waals surface area contributed by atoms with Gasteiger partial charge in [0.15, 0.2) is 0 Å². The summed E-state index contributed by atoms with van der Waals surface area (Å²) in [6, 6.07) is 0. The van der Waals surface area contributed by atoms with E-state index in [2.05, 4.69) is 23.0 Å². The van der Waals surface area contributed by atoms with Crippen molar-refractivity contribution in [1.82, 2.24) is 4.90 Å². The molecule has 3 nitrogen and oxygen atoms in total. The molecule has 1 fully saturated rings. The molecule has 1 N–H and O–H groups in total. The van der Waals surface area contributed by atoms with Crippen molar-refractivity contribution < 1.29 is 9.69 Å². The van der Waals surface area contributed by atoms with Crippen molar-refractivity contribution in [1.29, 1.82) is 0 Å². The quantitative estimate of drug-likeness (QED) is 0.619. The zero-order chi connectivity index (χ0) is 8.97. The number of alkyl halides is 1. The Labute approximate surface area is 81.8 Å². The average Bonchev–Trinajstić information content (AvgIpc) is 2.06. The summed E-state index contributed by atoms with van der Waals surface area (Å²) < 4.78 is 0. The molecule has 1 aliphatic heterocycles. The summed E-state index contributed by atoms with van der Waals surface area (Å²) in [6.45, 7) is 4.04. The smallest absolute Gasteiger partial charge is 0.223 e. The largest absolute Gasteiger partial charge is 0.334 e. The number of amides is 1. The van der Waals surface area contributed by atoms with E-state index in [9.17, 15) is 4.79 Å². The van der Waals surface area contributed by atoms with Crippen LogP contribution in [0.25, 0.3) is 0 Å². The van der Waals surface area contributed by atoms with Crippen molar-refractivity contribution >= 4 is 21.8 Å². The lowest BCUT2D eigenvalue weighted by molar-refractivity contribution is -0.883. The van der Waals surface area contributed by atoms with Crippen molar-refractivity contribution in [3.63, 3.8) is 0 Å². The number of halogens is 1. The second-order valence-electron chi connectivity index (χ2n) is 3.28. The molecule has 0 bridgehead atoms. The van der Waals surface area contributed by atoms with E-state index in [0.717, 1.165) is 31.5 Å². The van der Waals surface area contributed by atoms with Crippen LogP contribution < -0.4 is 4.90 Å². The van der Waals surface area contributed by atoms with Crippen LogP contribution in [0.15, 0.2) is 0 Å². The maximum atomic E-state index is 11.4. The second kappa shape index (κ2) is 4.82. The lowest BCUT2D eigenvalue weighted by Gasteiger charge is -2.29. The van der Waals surface area contributed by atoms with Crippen LogP contribution >= 0.6 is 15.9 Å². The maximum absolute atomic E-state index is 11.4. The van der Waals surface area contributed by atoms with Gasteiger partial charge in [-0.25, -0.2) is 0 Å². The Morgan fingerprint density at radius 1 is 1.50 bits per heavy atom. The summed E-state index contributed by atoms with van der Waals surface area (Å²) in [6.07, 6.45) is 0.638. The molecule has 4 heteroatoms. The molecular formula is C8H16BrN2O+. The molecule has 12 heavy (non-hydrogen) atoms. The van der Waals surface area contributed by atoms with Crippen LogP contribution in [-0.4, -0.2) is 49.4 Å². The molecule has 0 aromatic carbocycles. The number of carbonyl (C=O) groups is 1. The SMILES string of the molecule is C[NH+]1CCN(C(=O)CCBr)CC1. The van der Waals surface area contributed by atoms with Gasteiger partial charge in [0.25, 0.3) is 0 Å². The van der Waals surface area contributed by atoms with Crippen LogP contribution in [-0.2, 0) is 4.79 Å². The Kier molecular flexibility index (Phi) is 4.01. The fraction of sp³-hybridized carbons (Fsp3) is 0.875. The molecule has 0 aromatic rings. The van der Waals surface area contributed by atoms with Crippen molar-refractivity contribution in [3.8, 4) is 0 Å². The van der Waals surface area contributed by atoms with Crippen LogP contribution in [0, 0.1) is 0 Å². The van der Waals surface area contributed by atoms with Gasteiger partial charge in [-0.3, -0.25) is 4.79 Å². The van der Waals surface area contributed by atoms with Crippen LogP contribution in [0.3, 0.4) is 0 Å². The van der Waals surface area contributed by atoms with Crippen molar-refractivity contribution in [2.45, 2.75) is 6.42 Å².